The summed E-state index contributed by atoms with van der Waals surface area (Å²) in [5, 5.41) is 0. The van der Waals surface area contributed by atoms with Gasteiger partial charge in [-0.2, -0.15) is 0 Å². The SMILES string of the molecule is c1ccc(-c2ccccc2N(c2ccccc2)c2cc3c4c(c2)N(c2ccccc2)c2ccccc2B4c2cc4c(cc2O3)Oc2cc(N(c3ccccc3)c3ccccc3-c3ccccc3)cc3c2B4c2ccccc2N3c2ccccc2-c2ccccc2)cc1. The van der Waals surface area contributed by atoms with Crippen molar-refractivity contribution in [3.05, 3.63) is 340 Å². The molecule has 0 aliphatic carbocycles. The predicted molar refractivity (Wildman–Crippen MR) is 384 cm³/mol. The summed E-state index contributed by atoms with van der Waals surface area (Å²) in [5.74, 6) is 3.08. The second kappa shape index (κ2) is 21.9. The molecule has 0 saturated carbocycles. The van der Waals surface area contributed by atoms with E-state index in [-0.39, 0.29) is 13.4 Å². The van der Waals surface area contributed by atoms with Crippen LogP contribution in [0.15, 0.2) is 340 Å². The van der Waals surface area contributed by atoms with Gasteiger partial charge in [0.2, 0.25) is 0 Å². The lowest BCUT2D eigenvalue weighted by Gasteiger charge is -2.43. The summed E-state index contributed by atoms with van der Waals surface area (Å²) in [6, 6.07) is 123. The van der Waals surface area contributed by atoms with Crippen LogP contribution in [0.4, 0.5) is 68.2 Å². The van der Waals surface area contributed by atoms with Crippen LogP contribution in [0, 0.1) is 0 Å². The molecule has 4 heterocycles. The van der Waals surface area contributed by atoms with Crippen LogP contribution in [0.3, 0.4) is 0 Å². The molecule has 0 fully saturated rings. The number of para-hydroxylation sites is 8. The second-order valence-corrected chi connectivity index (χ2v) is 23.9. The number of nitrogens with zero attached hydrogens (tertiary/aromatic N) is 4. The largest absolute Gasteiger partial charge is 0.458 e. The molecule has 0 N–H and O–H groups in total. The maximum absolute atomic E-state index is 7.70. The van der Waals surface area contributed by atoms with Gasteiger partial charge >= 0.3 is 0 Å². The Bertz CT molecular complexity index is 5150. The van der Waals surface area contributed by atoms with Crippen molar-refractivity contribution in [2.45, 2.75) is 0 Å². The van der Waals surface area contributed by atoms with E-state index in [2.05, 4.69) is 359 Å². The first kappa shape index (κ1) is 53.1. The Morgan fingerprint density at radius 3 is 1.08 bits per heavy atom. The molecule has 14 aromatic rings. The van der Waals surface area contributed by atoms with Gasteiger partial charge in [0.25, 0.3) is 13.4 Å². The van der Waals surface area contributed by atoms with Gasteiger partial charge in [-0.25, -0.2) is 0 Å². The summed E-state index contributed by atoms with van der Waals surface area (Å²) in [5.41, 5.74) is 26.1. The van der Waals surface area contributed by atoms with Crippen LogP contribution in [0.1, 0.15) is 0 Å². The van der Waals surface area contributed by atoms with E-state index in [0.29, 0.717) is 0 Å². The lowest BCUT2D eigenvalue weighted by atomic mass is 9.31. The Morgan fingerprint density at radius 2 is 0.598 bits per heavy atom. The first-order valence-electron chi connectivity index (χ1n) is 31.5. The Balaban J connectivity index is 0.876. The van der Waals surface area contributed by atoms with Gasteiger partial charge in [-0.1, -0.05) is 243 Å². The van der Waals surface area contributed by atoms with Crippen molar-refractivity contribution < 1.29 is 9.47 Å². The van der Waals surface area contributed by atoms with Crippen LogP contribution >= 0.6 is 0 Å². The van der Waals surface area contributed by atoms with Crippen molar-refractivity contribution in [1.82, 2.24) is 0 Å². The van der Waals surface area contributed by atoms with Crippen LogP contribution in [0.5, 0.6) is 23.0 Å². The zero-order chi connectivity index (χ0) is 60.6. The summed E-state index contributed by atoms with van der Waals surface area (Å²) in [6.45, 7) is -0.435. The van der Waals surface area contributed by atoms with Gasteiger partial charge in [-0.05, 0) is 128 Å². The van der Waals surface area contributed by atoms with E-state index in [0.717, 1.165) is 146 Å². The summed E-state index contributed by atoms with van der Waals surface area (Å²) in [4.78, 5) is 9.71. The molecule has 0 radical (unpaired) electrons. The first-order valence-corrected chi connectivity index (χ1v) is 31.5. The monoisotopic (exact) mass is 1170 g/mol. The molecule has 0 amide bonds. The fourth-order valence-corrected chi connectivity index (χ4v) is 14.8. The van der Waals surface area contributed by atoms with Crippen molar-refractivity contribution in [3.63, 3.8) is 0 Å². The summed E-state index contributed by atoms with van der Waals surface area (Å²) in [7, 11) is 0. The van der Waals surface area contributed by atoms with E-state index in [1.54, 1.807) is 0 Å². The molecule has 6 nitrogen and oxygen atoms in total. The molecule has 0 spiro atoms. The maximum Gasteiger partial charge on any atom is 0.256 e. The summed E-state index contributed by atoms with van der Waals surface area (Å²) >= 11 is 0. The highest BCUT2D eigenvalue weighted by molar-refractivity contribution is 7.02. The lowest BCUT2D eigenvalue weighted by Crippen LogP contribution is -2.63. The minimum absolute atomic E-state index is 0.207. The third-order valence-electron chi connectivity index (χ3n) is 18.7. The number of hydrogen-bond acceptors (Lipinski definition) is 6. The molecular formula is C84H56B2N4O2. The lowest BCUT2D eigenvalue weighted by molar-refractivity contribution is 0.466. The molecule has 0 aromatic heterocycles. The number of hydrogen-bond donors (Lipinski definition) is 0. The number of rotatable bonds is 11. The summed E-state index contributed by atoms with van der Waals surface area (Å²) < 4.78 is 15.3. The molecule has 18 rings (SSSR count). The number of benzene rings is 14. The number of anilines is 12. The highest BCUT2D eigenvalue weighted by Crippen LogP contribution is 2.52. The van der Waals surface area contributed by atoms with E-state index in [1.807, 2.05) is 0 Å². The molecule has 430 valence electrons. The Kier molecular flexibility index (Phi) is 12.7. The highest BCUT2D eigenvalue weighted by atomic mass is 16.5. The molecule has 0 saturated heterocycles. The van der Waals surface area contributed by atoms with Gasteiger partial charge in [0, 0.05) is 74.7 Å². The van der Waals surface area contributed by atoms with E-state index in [1.165, 1.54) is 10.9 Å². The van der Waals surface area contributed by atoms with Gasteiger partial charge in [0.1, 0.15) is 23.0 Å². The molecule has 14 aromatic carbocycles. The van der Waals surface area contributed by atoms with Crippen molar-refractivity contribution in [3.8, 4) is 56.4 Å². The van der Waals surface area contributed by atoms with Crippen LogP contribution in [0.25, 0.3) is 33.4 Å². The smallest absolute Gasteiger partial charge is 0.256 e. The highest BCUT2D eigenvalue weighted by Gasteiger charge is 2.47. The minimum atomic E-state index is -0.228. The number of ether oxygens (including phenoxy) is 2. The number of fused-ring (bicyclic) bond motifs is 8. The van der Waals surface area contributed by atoms with Crippen molar-refractivity contribution in [2.75, 3.05) is 19.6 Å². The van der Waals surface area contributed by atoms with Gasteiger partial charge in [-0.15, -0.1) is 0 Å². The van der Waals surface area contributed by atoms with Gasteiger partial charge in [0.05, 0.1) is 28.4 Å². The molecule has 4 aliphatic heterocycles. The normalized spacial score (nSPS) is 12.7. The van der Waals surface area contributed by atoms with Gasteiger partial charge < -0.3 is 29.1 Å². The standard InChI is InChI=1S/C84H56B2N4O2/c1-7-29-57(30-8-1)65-41-19-24-46-72(65)87(60-35-13-4-14-36-60)63-51-77-83-81(53-63)91-79-56-80-71(55-70(79)85(83)68-44-22-27-49-75(68)89(77)62-39-17-6-18-40-62)86-69-45-23-28-50-76(69)90(74-48-26-21-43-67(74)59-33-11-3-12-34-59)78-52-64(54-82(92-80)84(78)86)88(61-37-15-5-16-38-61)73-47-25-20-42-66(73)58-31-9-2-10-32-58/h1-56H. The summed E-state index contributed by atoms with van der Waals surface area (Å²) in [6.07, 6.45) is 0. The van der Waals surface area contributed by atoms with Crippen molar-refractivity contribution in [2.24, 2.45) is 0 Å². The zero-order valence-corrected chi connectivity index (χ0v) is 50.1. The molecule has 0 bridgehead atoms. The van der Waals surface area contributed by atoms with Crippen LogP contribution < -0.4 is 61.9 Å². The topological polar surface area (TPSA) is 31.4 Å². The van der Waals surface area contributed by atoms with Crippen LogP contribution in [-0.4, -0.2) is 13.4 Å². The van der Waals surface area contributed by atoms with E-state index in [4.69, 9.17) is 9.47 Å². The average Bonchev–Trinajstić information content (AvgIpc) is 0.703. The molecule has 92 heavy (non-hydrogen) atoms. The first-order chi connectivity index (χ1) is 45.7. The third-order valence-corrected chi connectivity index (χ3v) is 18.7. The van der Waals surface area contributed by atoms with Crippen LogP contribution in [0.2, 0.25) is 0 Å². The second-order valence-electron chi connectivity index (χ2n) is 23.9. The van der Waals surface area contributed by atoms with E-state index >= 15 is 0 Å². The fourth-order valence-electron chi connectivity index (χ4n) is 14.8. The van der Waals surface area contributed by atoms with E-state index < -0.39 is 0 Å². The Labute approximate surface area is 536 Å². The van der Waals surface area contributed by atoms with Crippen molar-refractivity contribution >= 4 is 114 Å². The Hall–Kier alpha value is -12.0. The Morgan fingerprint density at radius 1 is 0.239 bits per heavy atom. The zero-order valence-electron chi connectivity index (χ0n) is 50.1. The van der Waals surface area contributed by atoms with Crippen molar-refractivity contribution in [1.29, 1.82) is 0 Å². The van der Waals surface area contributed by atoms with Crippen LogP contribution in [-0.2, 0) is 0 Å². The quantitative estimate of drug-likeness (QED) is 0.120. The average molecular weight is 1180 g/mol. The molecular weight excluding hydrogens is 1120 g/mol. The molecule has 0 atom stereocenters. The predicted octanol–water partition coefficient (Wildman–Crippen LogP) is 18.4. The minimum Gasteiger partial charge on any atom is -0.458 e. The van der Waals surface area contributed by atoms with Gasteiger partial charge in [0.15, 0.2) is 0 Å². The third kappa shape index (κ3) is 8.67. The molecule has 8 heteroatoms. The molecule has 0 unspecified atom stereocenters. The maximum atomic E-state index is 7.70. The fraction of sp³-hybridized carbons (Fsp3) is 0. The molecule has 4 aliphatic rings. The van der Waals surface area contributed by atoms with E-state index in [9.17, 15) is 0 Å². The van der Waals surface area contributed by atoms with Gasteiger partial charge in [-0.3, -0.25) is 0 Å².